The van der Waals surface area contributed by atoms with Crippen LogP contribution >= 0.6 is 12.6 Å². The van der Waals surface area contributed by atoms with Gasteiger partial charge in [-0.15, -0.1) is 0 Å². The Bertz CT molecular complexity index is 392. The minimum Gasteiger partial charge on any atom is -0.326 e. The molecule has 0 saturated carbocycles. The van der Waals surface area contributed by atoms with Crippen molar-refractivity contribution in [1.82, 2.24) is 0 Å². The molecule has 0 aliphatic heterocycles. The van der Waals surface area contributed by atoms with E-state index < -0.39 is 0 Å². The maximum absolute atomic E-state index is 12.7. The second-order valence-corrected chi connectivity index (χ2v) is 4.29. The van der Waals surface area contributed by atoms with Gasteiger partial charge >= 0.3 is 0 Å². The monoisotopic (exact) mass is 267 g/mol. The van der Waals surface area contributed by atoms with E-state index in [9.17, 15) is 9.18 Å². The lowest BCUT2D eigenvalue weighted by Crippen LogP contribution is -2.10. The first-order valence-electron chi connectivity index (χ1n) is 6.02. The molecule has 1 rings (SSSR count). The highest BCUT2D eigenvalue weighted by atomic mass is 32.1. The molecule has 0 spiro atoms. The van der Waals surface area contributed by atoms with E-state index in [1.165, 1.54) is 6.08 Å². The van der Waals surface area contributed by atoms with Crippen LogP contribution in [0, 0.1) is 0 Å². The summed E-state index contributed by atoms with van der Waals surface area (Å²) in [4.78, 5) is 11.6. The number of para-hydroxylation sites is 1. The largest absolute Gasteiger partial charge is 0.326 e. The molecule has 0 fully saturated rings. The van der Waals surface area contributed by atoms with E-state index >= 15 is 0 Å². The van der Waals surface area contributed by atoms with Gasteiger partial charge in [-0.1, -0.05) is 24.3 Å². The zero-order valence-electron chi connectivity index (χ0n) is 10.2. The van der Waals surface area contributed by atoms with Gasteiger partial charge in [0.2, 0.25) is 5.91 Å². The first kappa shape index (κ1) is 14.8. The normalized spacial score (nSPS) is 11.3. The number of hydrogen-bond acceptors (Lipinski definition) is 2. The second kappa shape index (κ2) is 8.75. The molecule has 2 nitrogen and oxygen atoms in total. The molecule has 0 aliphatic rings. The molecule has 0 saturated heterocycles. The summed E-state index contributed by atoms with van der Waals surface area (Å²) in [6.07, 6.45) is 4.22. The number of anilines is 1. The van der Waals surface area contributed by atoms with E-state index in [1.54, 1.807) is 0 Å². The first-order valence-corrected chi connectivity index (χ1v) is 6.66. The van der Waals surface area contributed by atoms with Crippen LogP contribution in [0.5, 0.6) is 0 Å². The summed E-state index contributed by atoms with van der Waals surface area (Å²) < 4.78 is 12.7. The summed E-state index contributed by atoms with van der Waals surface area (Å²) in [6.45, 7) is 0. The Hall–Kier alpha value is -1.29. The molecule has 4 heteroatoms. The van der Waals surface area contributed by atoms with Gasteiger partial charge in [0.05, 0.1) is 0 Å². The molecule has 0 heterocycles. The smallest absolute Gasteiger partial charge is 0.224 e. The van der Waals surface area contributed by atoms with Crippen LogP contribution in [-0.2, 0) is 4.79 Å². The predicted octanol–water partition coefficient (Wildman–Crippen LogP) is 3.97. The van der Waals surface area contributed by atoms with Crippen molar-refractivity contribution < 1.29 is 9.18 Å². The van der Waals surface area contributed by atoms with Crippen molar-refractivity contribution in [2.45, 2.75) is 25.7 Å². The Morgan fingerprint density at radius 1 is 1.28 bits per heavy atom. The van der Waals surface area contributed by atoms with Gasteiger partial charge in [0.15, 0.2) is 0 Å². The van der Waals surface area contributed by atoms with Crippen molar-refractivity contribution in [2.24, 2.45) is 0 Å². The highest BCUT2D eigenvalue weighted by molar-refractivity contribution is 7.80. The number of amides is 1. The number of hydrogen-bond donors (Lipinski definition) is 2. The van der Waals surface area contributed by atoms with Crippen molar-refractivity contribution in [3.8, 4) is 0 Å². The van der Waals surface area contributed by atoms with Crippen LogP contribution in [0.4, 0.5) is 10.1 Å². The van der Waals surface area contributed by atoms with Crippen LogP contribution in [0.15, 0.2) is 42.2 Å². The van der Waals surface area contributed by atoms with Gasteiger partial charge in [-0.25, -0.2) is 4.39 Å². The fraction of sp³-hybridized carbons (Fsp3) is 0.357. The summed E-state index contributed by atoms with van der Waals surface area (Å²) in [5.41, 5.74) is 0.809. The Kier molecular flexibility index (Phi) is 7.18. The lowest BCUT2D eigenvalue weighted by molar-refractivity contribution is -0.116. The highest BCUT2D eigenvalue weighted by Crippen LogP contribution is 2.09. The topological polar surface area (TPSA) is 29.1 Å². The zero-order valence-corrected chi connectivity index (χ0v) is 11.1. The third-order valence-corrected chi connectivity index (χ3v) is 2.73. The molecule has 0 radical (unpaired) electrons. The number of allylic oxidation sites excluding steroid dienone is 1. The Morgan fingerprint density at radius 3 is 2.67 bits per heavy atom. The van der Waals surface area contributed by atoms with E-state index in [1.807, 2.05) is 30.3 Å². The van der Waals surface area contributed by atoms with Gasteiger partial charge in [0, 0.05) is 17.9 Å². The second-order valence-electron chi connectivity index (χ2n) is 3.97. The number of rotatable bonds is 7. The van der Waals surface area contributed by atoms with Gasteiger partial charge in [0.25, 0.3) is 0 Å². The molecule has 0 bridgehead atoms. The number of unbranched alkanes of at least 4 members (excludes halogenated alkanes) is 2. The van der Waals surface area contributed by atoms with Crippen molar-refractivity contribution >= 4 is 24.2 Å². The summed E-state index contributed by atoms with van der Waals surface area (Å²) >= 11 is 3.82. The van der Waals surface area contributed by atoms with Gasteiger partial charge in [-0.2, -0.15) is 12.6 Å². The summed E-state index contributed by atoms with van der Waals surface area (Å²) in [5.74, 6) is -0.0546. The molecule has 0 aliphatic carbocycles. The Balaban J connectivity index is 2.15. The molecule has 0 aromatic heterocycles. The van der Waals surface area contributed by atoms with E-state index in [-0.39, 0.29) is 17.5 Å². The van der Waals surface area contributed by atoms with Crippen molar-refractivity contribution in [3.63, 3.8) is 0 Å². The highest BCUT2D eigenvalue weighted by Gasteiger charge is 2.01. The Labute approximate surface area is 113 Å². The van der Waals surface area contributed by atoms with Gasteiger partial charge < -0.3 is 5.32 Å². The number of carbonyl (C=O) groups excluding carboxylic acids is 1. The number of nitrogens with one attached hydrogen (secondary N) is 1. The summed E-state index contributed by atoms with van der Waals surface area (Å²) in [6, 6.07) is 9.35. The number of halogens is 1. The summed E-state index contributed by atoms with van der Waals surface area (Å²) in [7, 11) is 0. The molecule has 1 amide bonds. The molecule has 0 unspecified atom stereocenters. The molecule has 1 N–H and O–H groups in total. The Morgan fingerprint density at radius 2 is 2.00 bits per heavy atom. The van der Waals surface area contributed by atoms with Crippen molar-refractivity contribution in [1.29, 1.82) is 0 Å². The minimum absolute atomic E-state index is 0.000142. The minimum atomic E-state index is -0.202. The predicted molar refractivity (Wildman–Crippen MR) is 76.6 cm³/mol. The molecule has 1 aromatic carbocycles. The molecule has 18 heavy (non-hydrogen) atoms. The lowest BCUT2D eigenvalue weighted by atomic mass is 10.1. The SMILES string of the molecule is O=C(CCCC/C=C(\F)CS)Nc1ccccc1. The maximum Gasteiger partial charge on any atom is 0.224 e. The third kappa shape index (κ3) is 6.45. The average Bonchev–Trinajstić information content (AvgIpc) is 2.39. The number of thiol groups is 1. The zero-order chi connectivity index (χ0) is 13.2. The molecule has 1 aromatic rings. The summed E-state index contributed by atoms with van der Waals surface area (Å²) in [5, 5.41) is 2.81. The van der Waals surface area contributed by atoms with E-state index in [4.69, 9.17) is 0 Å². The fourth-order valence-electron chi connectivity index (χ4n) is 1.50. The van der Waals surface area contributed by atoms with Crippen molar-refractivity contribution in [2.75, 3.05) is 11.1 Å². The average molecular weight is 267 g/mol. The third-order valence-electron chi connectivity index (χ3n) is 2.43. The maximum atomic E-state index is 12.7. The van der Waals surface area contributed by atoms with E-state index in [0.717, 1.165) is 18.5 Å². The van der Waals surface area contributed by atoms with E-state index in [2.05, 4.69) is 17.9 Å². The quantitative estimate of drug-likeness (QED) is 0.568. The number of carbonyl (C=O) groups is 1. The molecule has 0 atom stereocenters. The van der Waals surface area contributed by atoms with Crippen LogP contribution in [0.3, 0.4) is 0 Å². The molecular formula is C14H18FNOS. The molecular weight excluding hydrogens is 249 g/mol. The standard InChI is InChI=1S/C14H18FNOS/c15-12(11-18)7-3-1-6-10-14(17)16-13-8-4-2-5-9-13/h2,4-5,7-9,18H,1,3,6,10-11H2,(H,16,17)/b12-7-. The van der Waals surface area contributed by atoms with Gasteiger partial charge in [0.1, 0.15) is 5.83 Å². The lowest BCUT2D eigenvalue weighted by Gasteiger charge is -2.04. The van der Waals surface area contributed by atoms with Crippen LogP contribution in [0.25, 0.3) is 0 Å². The van der Waals surface area contributed by atoms with Crippen LogP contribution < -0.4 is 5.32 Å². The molecule has 98 valence electrons. The van der Waals surface area contributed by atoms with Gasteiger partial charge in [-0.3, -0.25) is 4.79 Å². The van der Waals surface area contributed by atoms with Crippen LogP contribution in [-0.4, -0.2) is 11.7 Å². The van der Waals surface area contributed by atoms with Crippen molar-refractivity contribution in [3.05, 3.63) is 42.2 Å². The fourth-order valence-corrected chi connectivity index (χ4v) is 1.63. The van der Waals surface area contributed by atoms with Gasteiger partial charge in [-0.05, 0) is 31.4 Å². The first-order chi connectivity index (χ1) is 8.72. The van der Waals surface area contributed by atoms with Crippen LogP contribution in [0.1, 0.15) is 25.7 Å². The van der Waals surface area contributed by atoms with Crippen LogP contribution in [0.2, 0.25) is 0 Å². The van der Waals surface area contributed by atoms with E-state index in [0.29, 0.717) is 12.8 Å². The number of benzene rings is 1.